The van der Waals surface area contributed by atoms with Gasteiger partial charge < -0.3 is 15.0 Å². The van der Waals surface area contributed by atoms with Gasteiger partial charge in [0.05, 0.1) is 0 Å². The molecule has 0 amide bonds. The molecule has 118 valence electrons. The van der Waals surface area contributed by atoms with E-state index in [1.165, 1.54) is 12.0 Å². The highest BCUT2D eigenvalue weighted by Gasteiger charge is 2.24. The third kappa shape index (κ3) is 5.28. The molecular formula is C17H27BrN2O. The quantitative estimate of drug-likeness (QED) is 0.812. The first kappa shape index (κ1) is 16.8. The van der Waals surface area contributed by atoms with Crippen LogP contribution < -0.4 is 10.1 Å². The Labute approximate surface area is 137 Å². The molecular weight excluding hydrogens is 328 g/mol. The van der Waals surface area contributed by atoms with Crippen LogP contribution in [0, 0.1) is 5.92 Å². The van der Waals surface area contributed by atoms with Crippen LogP contribution in [0.4, 0.5) is 0 Å². The first-order chi connectivity index (χ1) is 9.94. The number of hydrogen-bond donors (Lipinski definition) is 1. The van der Waals surface area contributed by atoms with Gasteiger partial charge in [0.2, 0.25) is 0 Å². The van der Waals surface area contributed by atoms with E-state index >= 15 is 0 Å². The first-order valence-corrected chi connectivity index (χ1v) is 8.56. The maximum absolute atomic E-state index is 6.03. The number of rotatable bonds is 7. The van der Waals surface area contributed by atoms with Crippen LogP contribution in [0.2, 0.25) is 0 Å². The molecule has 0 aromatic heterocycles. The number of ether oxygens (including phenoxy) is 1. The van der Waals surface area contributed by atoms with Crippen LogP contribution in [-0.2, 0) is 6.42 Å². The molecule has 1 aliphatic heterocycles. The summed E-state index contributed by atoms with van der Waals surface area (Å²) in [6, 6.07) is 6.80. The summed E-state index contributed by atoms with van der Waals surface area (Å²) in [6.45, 7) is 6.55. The maximum atomic E-state index is 6.03. The van der Waals surface area contributed by atoms with E-state index in [1.807, 2.05) is 6.07 Å². The van der Waals surface area contributed by atoms with Crippen LogP contribution >= 0.6 is 15.9 Å². The zero-order chi connectivity index (χ0) is 15.4. The number of likely N-dealkylation sites (N-methyl/N-ethyl adjacent to an activating group) is 1. The zero-order valence-corrected chi connectivity index (χ0v) is 15.1. The molecule has 1 aromatic carbocycles. The van der Waals surface area contributed by atoms with Crippen molar-refractivity contribution in [1.82, 2.24) is 10.2 Å². The van der Waals surface area contributed by atoms with Gasteiger partial charge >= 0.3 is 0 Å². The molecule has 1 heterocycles. The van der Waals surface area contributed by atoms with Gasteiger partial charge in [-0.1, -0.05) is 29.8 Å². The minimum atomic E-state index is 0.256. The Balaban J connectivity index is 1.85. The maximum Gasteiger partial charge on any atom is 0.123 e. The van der Waals surface area contributed by atoms with Gasteiger partial charge in [0.15, 0.2) is 0 Å². The van der Waals surface area contributed by atoms with Crippen LogP contribution in [0.5, 0.6) is 5.75 Å². The van der Waals surface area contributed by atoms with Gasteiger partial charge in [-0.2, -0.15) is 0 Å². The molecule has 2 rings (SSSR count). The van der Waals surface area contributed by atoms with Gasteiger partial charge in [-0.15, -0.1) is 0 Å². The van der Waals surface area contributed by atoms with E-state index < -0.39 is 0 Å². The van der Waals surface area contributed by atoms with E-state index in [2.05, 4.69) is 66.2 Å². The molecule has 0 aliphatic carbocycles. The minimum Gasteiger partial charge on any atom is -0.488 e. The van der Waals surface area contributed by atoms with Gasteiger partial charge in [-0.05, 0) is 50.2 Å². The molecule has 1 aliphatic rings. The third-order valence-electron chi connectivity index (χ3n) is 3.74. The molecule has 1 aromatic rings. The van der Waals surface area contributed by atoms with E-state index in [-0.39, 0.29) is 6.10 Å². The summed E-state index contributed by atoms with van der Waals surface area (Å²) in [6.07, 6.45) is 2.45. The van der Waals surface area contributed by atoms with Gasteiger partial charge in [0, 0.05) is 30.0 Å². The van der Waals surface area contributed by atoms with Crippen molar-refractivity contribution >= 4 is 15.9 Å². The average Bonchev–Trinajstić information content (AvgIpc) is 2.76. The molecule has 2 atom stereocenters. The molecule has 2 unspecified atom stereocenters. The predicted molar refractivity (Wildman–Crippen MR) is 92.1 cm³/mol. The van der Waals surface area contributed by atoms with Crippen molar-refractivity contribution in [2.75, 3.05) is 27.2 Å². The normalized spacial score (nSPS) is 18.9. The average molecular weight is 355 g/mol. The fourth-order valence-corrected chi connectivity index (χ4v) is 3.34. The highest BCUT2D eigenvalue weighted by Crippen LogP contribution is 2.31. The number of fused-ring (bicyclic) bond motifs is 1. The Bertz CT molecular complexity index is 452. The Morgan fingerprint density at radius 1 is 1.38 bits per heavy atom. The minimum absolute atomic E-state index is 0.256. The fraction of sp³-hybridized carbons (Fsp3) is 0.647. The Morgan fingerprint density at radius 2 is 2.14 bits per heavy atom. The summed E-state index contributed by atoms with van der Waals surface area (Å²) in [4.78, 5) is 2.25. The SMILES string of the molecule is CC(C)CC(CN(C)C)NCC1Cc2cc(Br)ccc2O1. The molecule has 0 fully saturated rings. The Kier molecular flexibility index (Phi) is 6.08. The molecule has 4 heteroatoms. The molecule has 0 spiro atoms. The molecule has 0 saturated heterocycles. The topological polar surface area (TPSA) is 24.5 Å². The van der Waals surface area contributed by atoms with Crippen molar-refractivity contribution in [3.05, 3.63) is 28.2 Å². The first-order valence-electron chi connectivity index (χ1n) is 7.77. The summed E-state index contributed by atoms with van der Waals surface area (Å²) >= 11 is 3.52. The van der Waals surface area contributed by atoms with Gasteiger partial charge in [-0.3, -0.25) is 0 Å². The third-order valence-corrected chi connectivity index (χ3v) is 4.23. The van der Waals surface area contributed by atoms with Crippen molar-refractivity contribution in [1.29, 1.82) is 0 Å². The van der Waals surface area contributed by atoms with E-state index in [1.54, 1.807) is 0 Å². The molecule has 0 radical (unpaired) electrons. The summed E-state index contributed by atoms with van der Waals surface area (Å²) in [5, 5.41) is 3.70. The lowest BCUT2D eigenvalue weighted by Gasteiger charge is -2.25. The van der Waals surface area contributed by atoms with Crippen LogP contribution in [-0.4, -0.2) is 44.2 Å². The second-order valence-corrected chi connectivity index (χ2v) is 7.61. The van der Waals surface area contributed by atoms with Crippen molar-refractivity contribution in [3.63, 3.8) is 0 Å². The predicted octanol–water partition coefficient (Wildman–Crippen LogP) is 3.32. The monoisotopic (exact) mass is 354 g/mol. The van der Waals surface area contributed by atoms with E-state index in [0.29, 0.717) is 12.0 Å². The zero-order valence-electron chi connectivity index (χ0n) is 13.5. The van der Waals surface area contributed by atoms with Crippen LogP contribution in [0.3, 0.4) is 0 Å². The van der Waals surface area contributed by atoms with Gasteiger partial charge in [-0.25, -0.2) is 0 Å². The van der Waals surface area contributed by atoms with Crippen LogP contribution in [0.15, 0.2) is 22.7 Å². The number of nitrogens with one attached hydrogen (secondary N) is 1. The van der Waals surface area contributed by atoms with E-state index in [0.717, 1.165) is 29.7 Å². The Morgan fingerprint density at radius 3 is 2.81 bits per heavy atom. The number of hydrogen-bond acceptors (Lipinski definition) is 3. The van der Waals surface area contributed by atoms with Gasteiger partial charge in [0.1, 0.15) is 11.9 Å². The summed E-state index contributed by atoms with van der Waals surface area (Å²) in [5.74, 6) is 1.75. The number of halogens is 1. The fourth-order valence-electron chi connectivity index (χ4n) is 2.93. The summed E-state index contributed by atoms with van der Waals surface area (Å²) in [7, 11) is 4.27. The van der Waals surface area contributed by atoms with Crippen LogP contribution in [0.1, 0.15) is 25.8 Å². The Hall–Kier alpha value is -0.580. The van der Waals surface area contributed by atoms with Gasteiger partial charge in [0.25, 0.3) is 0 Å². The lowest BCUT2D eigenvalue weighted by atomic mass is 10.0. The van der Waals surface area contributed by atoms with E-state index in [4.69, 9.17) is 4.74 Å². The molecule has 1 N–H and O–H groups in total. The largest absolute Gasteiger partial charge is 0.488 e. The highest BCUT2D eigenvalue weighted by molar-refractivity contribution is 9.10. The van der Waals surface area contributed by atoms with Crippen molar-refractivity contribution in [2.24, 2.45) is 5.92 Å². The number of benzene rings is 1. The molecule has 0 bridgehead atoms. The standard InChI is InChI=1S/C17H27BrN2O/c1-12(2)7-15(11-20(3)4)19-10-16-9-13-8-14(18)5-6-17(13)21-16/h5-6,8,12,15-16,19H,7,9-11H2,1-4H3. The summed E-state index contributed by atoms with van der Waals surface area (Å²) < 4.78 is 7.15. The van der Waals surface area contributed by atoms with Crippen molar-refractivity contribution in [3.8, 4) is 5.75 Å². The smallest absolute Gasteiger partial charge is 0.123 e. The van der Waals surface area contributed by atoms with Crippen molar-refractivity contribution in [2.45, 2.75) is 38.8 Å². The molecule has 21 heavy (non-hydrogen) atoms. The molecule has 3 nitrogen and oxygen atoms in total. The van der Waals surface area contributed by atoms with Crippen LogP contribution in [0.25, 0.3) is 0 Å². The highest BCUT2D eigenvalue weighted by atomic mass is 79.9. The lowest BCUT2D eigenvalue weighted by molar-refractivity contribution is 0.209. The molecule has 0 saturated carbocycles. The second-order valence-electron chi connectivity index (χ2n) is 6.69. The van der Waals surface area contributed by atoms with E-state index in [9.17, 15) is 0 Å². The lowest BCUT2D eigenvalue weighted by Crippen LogP contribution is -2.43. The summed E-state index contributed by atoms with van der Waals surface area (Å²) in [5.41, 5.74) is 1.31. The van der Waals surface area contributed by atoms with Crippen molar-refractivity contribution < 1.29 is 4.74 Å². The second kappa shape index (κ2) is 7.61. The number of nitrogens with zero attached hydrogens (tertiary/aromatic N) is 1.